The van der Waals surface area contributed by atoms with Gasteiger partial charge in [0.25, 0.3) is 0 Å². The molecule has 0 amide bonds. The number of ether oxygens (including phenoxy) is 1. The third-order valence-corrected chi connectivity index (χ3v) is 2.71. The maximum Gasteiger partial charge on any atom is 0.172 e. The molecule has 0 aromatic heterocycles. The summed E-state index contributed by atoms with van der Waals surface area (Å²) in [5.41, 5.74) is 2.82. The van der Waals surface area contributed by atoms with Gasteiger partial charge in [-0.05, 0) is 35.6 Å². The largest absolute Gasteiger partial charge is 0.479 e. The summed E-state index contributed by atoms with van der Waals surface area (Å²) in [6.45, 7) is 12.0. The van der Waals surface area contributed by atoms with E-state index in [4.69, 9.17) is 4.74 Å². The van der Waals surface area contributed by atoms with Crippen LogP contribution in [-0.2, 0) is 4.74 Å². The van der Waals surface area contributed by atoms with Gasteiger partial charge in [0.1, 0.15) is 0 Å². The van der Waals surface area contributed by atoms with Crippen molar-refractivity contribution in [3.05, 3.63) is 23.5 Å². The Bertz CT molecular complexity index is 264. The fourth-order valence-corrected chi connectivity index (χ4v) is 2.02. The number of rotatable bonds is 4. The second kappa shape index (κ2) is 5.36. The van der Waals surface area contributed by atoms with Crippen molar-refractivity contribution in [1.82, 2.24) is 5.32 Å². The molecule has 0 radical (unpaired) electrons. The highest BCUT2D eigenvalue weighted by atomic mass is 16.5. The van der Waals surface area contributed by atoms with Crippen molar-refractivity contribution in [2.75, 3.05) is 6.54 Å². The van der Waals surface area contributed by atoms with Crippen LogP contribution in [-0.4, -0.2) is 12.8 Å². The number of likely N-dealkylation sites (N-methyl/N-ethyl adjacent to an activating group) is 1. The lowest BCUT2D eigenvalue weighted by Gasteiger charge is -2.30. The third kappa shape index (κ3) is 2.85. The normalized spacial score (nSPS) is 21.4. The first-order chi connectivity index (χ1) is 7.07. The van der Waals surface area contributed by atoms with E-state index in [1.54, 1.807) is 0 Å². The molecule has 1 rings (SSSR count). The van der Waals surface area contributed by atoms with Crippen molar-refractivity contribution in [2.24, 2.45) is 11.8 Å². The Morgan fingerprint density at radius 2 is 1.93 bits per heavy atom. The molecule has 0 bridgehead atoms. The number of nitrogens with one attached hydrogen (secondary N) is 1. The van der Waals surface area contributed by atoms with E-state index < -0.39 is 0 Å². The fourth-order valence-electron chi connectivity index (χ4n) is 2.02. The molecular formula is C13H23NO. The molecule has 86 valence electrons. The zero-order valence-electron chi connectivity index (χ0n) is 10.5. The van der Waals surface area contributed by atoms with Gasteiger partial charge >= 0.3 is 0 Å². The second-order valence-corrected chi connectivity index (χ2v) is 4.60. The van der Waals surface area contributed by atoms with Crippen molar-refractivity contribution < 1.29 is 4.74 Å². The van der Waals surface area contributed by atoms with E-state index in [-0.39, 0.29) is 6.23 Å². The van der Waals surface area contributed by atoms with E-state index in [1.807, 2.05) is 6.26 Å². The highest BCUT2D eigenvalue weighted by molar-refractivity contribution is 5.32. The van der Waals surface area contributed by atoms with Crippen LogP contribution in [0.4, 0.5) is 0 Å². The zero-order chi connectivity index (χ0) is 11.4. The molecule has 1 aliphatic rings. The second-order valence-electron chi connectivity index (χ2n) is 4.60. The molecule has 1 heterocycles. The summed E-state index contributed by atoms with van der Waals surface area (Å²) in [6, 6.07) is 0. The van der Waals surface area contributed by atoms with Crippen LogP contribution in [0.2, 0.25) is 0 Å². The van der Waals surface area contributed by atoms with Gasteiger partial charge in [0.15, 0.2) is 6.23 Å². The Hall–Kier alpha value is -0.760. The van der Waals surface area contributed by atoms with Gasteiger partial charge in [0.05, 0.1) is 6.26 Å². The Labute approximate surface area is 93.4 Å². The smallest absolute Gasteiger partial charge is 0.172 e. The summed E-state index contributed by atoms with van der Waals surface area (Å²) in [4.78, 5) is 0. The van der Waals surface area contributed by atoms with Crippen molar-refractivity contribution in [3.8, 4) is 0 Å². The van der Waals surface area contributed by atoms with Crippen molar-refractivity contribution in [3.63, 3.8) is 0 Å². The van der Waals surface area contributed by atoms with Gasteiger partial charge in [0, 0.05) is 0 Å². The first-order valence-electron chi connectivity index (χ1n) is 5.87. The highest BCUT2D eigenvalue weighted by Crippen LogP contribution is 2.29. The quantitative estimate of drug-likeness (QED) is 0.768. The van der Waals surface area contributed by atoms with Gasteiger partial charge in [-0.2, -0.15) is 0 Å². The van der Waals surface area contributed by atoms with Crippen LogP contribution in [0.5, 0.6) is 0 Å². The maximum atomic E-state index is 5.62. The van der Waals surface area contributed by atoms with Crippen molar-refractivity contribution in [1.29, 1.82) is 0 Å². The van der Waals surface area contributed by atoms with Gasteiger partial charge in [-0.15, -0.1) is 0 Å². The molecule has 2 heteroatoms. The van der Waals surface area contributed by atoms with Crippen LogP contribution in [0.1, 0.15) is 34.6 Å². The molecule has 1 unspecified atom stereocenters. The van der Waals surface area contributed by atoms with E-state index in [1.165, 1.54) is 11.1 Å². The zero-order valence-corrected chi connectivity index (χ0v) is 10.5. The first kappa shape index (κ1) is 12.3. The highest BCUT2D eigenvalue weighted by Gasteiger charge is 2.24. The van der Waals surface area contributed by atoms with Crippen molar-refractivity contribution in [2.45, 2.75) is 40.8 Å². The Kier molecular flexibility index (Phi) is 4.40. The molecule has 0 saturated heterocycles. The Morgan fingerprint density at radius 1 is 1.27 bits per heavy atom. The van der Waals surface area contributed by atoms with E-state index in [2.05, 4.69) is 46.0 Å². The molecule has 2 nitrogen and oxygen atoms in total. The molecule has 0 aromatic rings. The third-order valence-electron chi connectivity index (χ3n) is 2.71. The van der Waals surface area contributed by atoms with Crippen LogP contribution < -0.4 is 5.32 Å². The SMILES string of the molecule is CCNC1OC=CC(C(C)C)=C1C(C)C. The average Bonchev–Trinajstić information content (AvgIpc) is 2.17. The van der Waals surface area contributed by atoms with E-state index in [9.17, 15) is 0 Å². The van der Waals surface area contributed by atoms with Gasteiger partial charge in [0.2, 0.25) is 0 Å². The lowest BCUT2D eigenvalue weighted by Crippen LogP contribution is -2.36. The van der Waals surface area contributed by atoms with E-state index >= 15 is 0 Å². The topological polar surface area (TPSA) is 21.3 Å². The monoisotopic (exact) mass is 209 g/mol. The summed E-state index contributed by atoms with van der Waals surface area (Å²) >= 11 is 0. The molecule has 1 atom stereocenters. The van der Waals surface area contributed by atoms with Gasteiger partial charge in [-0.1, -0.05) is 34.6 Å². The molecule has 1 N–H and O–H groups in total. The molecule has 0 saturated carbocycles. The predicted octanol–water partition coefficient (Wildman–Crippen LogP) is 3.07. The summed E-state index contributed by atoms with van der Waals surface area (Å²) in [6.07, 6.45) is 3.99. The number of allylic oxidation sites excluding steroid dienone is 2. The van der Waals surface area contributed by atoms with E-state index in [0.29, 0.717) is 11.8 Å². The van der Waals surface area contributed by atoms with Crippen LogP contribution in [0.15, 0.2) is 23.5 Å². The molecular weight excluding hydrogens is 186 g/mol. The van der Waals surface area contributed by atoms with Gasteiger partial charge < -0.3 is 4.74 Å². The standard InChI is InChI=1S/C13H23NO/c1-6-14-13-12(10(4)5)11(9(2)3)7-8-15-13/h7-10,13-14H,6H2,1-5H3. The van der Waals surface area contributed by atoms with Gasteiger partial charge in [-0.3, -0.25) is 5.32 Å². The van der Waals surface area contributed by atoms with Crippen LogP contribution in [0, 0.1) is 11.8 Å². The Morgan fingerprint density at radius 3 is 2.40 bits per heavy atom. The number of hydrogen-bond acceptors (Lipinski definition) is 2. The minimum Gasteiger partial charge on any atom is -0.479 e. The lowest BCUT2D eigenvalue weighted by molar-refractivity contribution is 0.129. The summed E-state index contributed by atoms with van der Waals surface area (Å²) in [7, 11) is 0. The lowest BCUT2D eigenvalue weighted by atomic mass is 9.88. The fraction of sp³-hybridized carbons (Fsp3) is 0.692. The van der Waals surface area contributed by atoms with Crippen LogP contribution in [0.3, 0.4) is 0 Å². The first-order valence-corrected chi connectivity index (χ1v) is 5.87. The summed E-state index contributed by atoms with van der Waals surface area (Å²) in [5.74, 6) is 1.08. The molecule has 15 heavy (non-hydrogen) atoms. The minimum atomic E-state index is 0.0670. The summed E-state index contributed by atoms with van der Waals surface area (Å²) in [5, 5.41) is 3.37. The molecule has 0 spiro atoms. The van der Waals surface area contributed by atoms with E-state index in [0.717, 1.165) is 6.54 Å². The number of hydrogen-bond donors (Lipinski definition) is 1. The predicted molar refractivity (Wildman–Crippen MR) is 64.4 cm³/mol. The van der Waals surface area contributed by atoms with Gasteiger partial charge in [-0.25, -0.2) is 0 Å². The maximum absolute atomic E-state index is 5.62. The minimum absolute atomic E-state index is 0.0670. The van der Waals surface area contributed by atoms with Crippen LogP contribution in [0.25, 0.3) is 0 Å². The average molecular weight is 209 g/mol. The molecule has 1 aliphatic heterocycles. The molecule has 0 aliphatic carbocycles. The Balaban J connectivity index is 3.00. The molecule has 0 fully saturated rings. The van der Waals surface area contributed by atoms with Crippen LogP contribution >= 0.6 is 0 Å². The summed E-state index contributed by atoms with van der Waals surface area (Å²) < 4.78 is 5.62. The van der Waals surface area contributed by atoms with Crippen molar-refractivity contribution >= 4 is 0 Å². The molecule has 0 aromatic carbocycles.